The zero-order chi connectivity index (χ0) is 17.9. The van der Waals surface area contributed by atoms with Crippen molar-refractivity contribution in [2.45, 2.75) is 33.2 Å². The molecule has 0 amide bonds. The van der Waals surface area contributed by atoms with Gasteiger partial charge in [-0.15, -0.1) is 0 Å². The molecule has 0 fully saturated rings. The van der Waals surface area contributed by atoms with Gasteiger partial charge in [0.05, 0.1) is 21.3 Å². The fourth-order valence-electron chi connectivity index (χ4n) is 2.45. The quantitative estimate of drug-likeness (QED) is 0.536. The number of aliphatic imine (C=N–C) groups is 1. The van der Waals surface area contributed by atoms with E-state index in [1.54, 1.807) is 28.4 Å². The van der Waals surface area contributed by atoms with E-state index in [0.29, 0.717) is 24.0 Å². The Hall–Kier alpha value is -2.11. The van der Waals surface area contributed by atoms with E-state index in [1.807, 2.05) is 12.1 Å². The lowest BCUT2D eigenvalue weighted by atomic mass is 10.0. The molecule has 0 unspecified atom stereocenters. The monoisotopic (exact) mass is 337 g/mol. The SMILES string of the molecule is CCC(CC)CNC(=NC)NCc1cc(OC)c(OC)cc1OC. The smallest absolute Gasteiger partial charge is 0.191 e. The second kappa shape index (κ2) is 10.6. The van der Waals surface area contributed by atoms with Crippen molar-refractivity contribution < 1.29 is 14.2 Å². The van der Waals surface area contributed by atoms with E-state index in [4.69, 9.17) is 14.2 Å². The molecular formula is C18H31N3O3. The average Bonchev–Trinajstić information content (AvgIpc) is 2.63. The van der Waals surface area contributed by atoms with E-state index in [1.165, 1.54) is 0 Å². The van der Waals surface area contributed by atoms with Crippen LogP contribution in [0.3, 0.4) is 0 Å². The average molecular weight is 337 g/mol. The Morgan fingerprint density at radius 3 is 2.04 bits per heavy atom. The number of methoxy groups -OCH3 is 3. The maximum atomic E-state index is 5.45. The molecule has 6 nitrogen and oxygen atoms in total. The van der Waals surface area contributed by atoms with Gasteiger partial charge in [0.1, 0.15) is 5.75 Å². The third-order valence-corrected chi connectivity index (χ3v) is 4.17. The Bertz CT molecular complexity index is 528. The molecule has 0 aliphatic carbocycles. The van der Waals surface area contributed by atoms with E-state index in [9.17, 15) is 0 Å². The first-order valence-corrected chi connectivity index (χ1v) is 8.36. The lowest BCUT2D eigenvalue weighted by molar-refractivity contribution is 0.347. The van der Waals surface area contributed by atoms with Gasteiger partial charge < -0.3 is 24.8 Å². The third-order valence-electron chi connectivity index (χ3n) is 4.17. The molecule has 0 radical (unpaired) electrons. The van der Waals surface area contributed by atoms with Crippen LogP contribution in [0.25, 0.3) is 0 Å². The summed E-state index contributed by atoms with van der Waals surface area (Å²) >= 11 is 0. The summed E-state index contributed by atoms with van der Waals surface area (Å²) in [5, 5.41) is 6.69. The molecule has 0 spiro atoms. The number of hydrogen-bond acceptors (Lipinski definition) is 4. The summed E-state index contributed by atoms with van der Waals surface area (Å²) in [7, 11) is 6.65. The first-order chi connectivity index (χ1) is 11.6. The van der Waals surface area contributed by atoms with Gasteiger partial charge in [0, 0.05) is 31.8 Å². The first-order valence-electron chi connectivity index (χ1n) is 8.36. The number of rotatable bonds is 9. The van der Waals surface area contributed by atoms with Gasteiger partial charge in [-0.05, 0) is 12.0 Å². The van der Waals surface area contributed by atoms with Crippen LogP contribution >= 0.6 is 0 Å². The summed E-state index contributed by atoms with van der Waals surface area (Å²) in [6.07, 6.45) is 2.31. The molecule has 0 aliphatic rings. The fourth-order valence-corrected chi connectivity index (χ4v) is 2.45. The molecular weight excluding hydrogens is 306 g/mol. The largest absolute Gasteiger partial charge is 0.496 e. The van der Waals surface area contributed by atoms with E-state index >= 15 is 0 Å². The van der Waals surface area contributed by atoms with Gasteiger partial charge in [-0.25, -0.2) is 0 Å². The molecule has 0 heterocycles. The Kier molecular flexibility index (Phi) is 8.83. The molecule has 136 valence electrons. The number of benzene rings is 1. The molecule has 24 heavy (non-hydrogen) atoms. The Morgan fingerprint density at radius 2 is 1.54 bits per heavy atom. The van der Waals surface area contributed by atoms with Gasteiger partial charge in [-0.3, -0.25) is 4.99 Å². The number of hydrogen-bond donors (Lipinski definition) is 2. The zero-order valence-corrected chi connectivity index (χ0v) is 15.7. The summed E-state index contributed by atoms with van der Waals surface area (Å²) in [5.41, 5.74) is 0.973. The molecule has 1 aromatic rings. The highest BCUT2D eigenvalue weighted by molar-refractivity contribution is 5.79. The van der Waals surface area contributed by atoms with E-state index in [-0.39, 0.29) is 0 Å². The molecule has 0 aromatic heterocycles. The molecule has 0 saturated heterocycles. The standard InChI is InChI=1S/C18H31N3O3/c1-7-13(8-2)11-20-18(19-3)21-12-14-9-16(23-5)17(24-6)10-15(14)22-4/h9-10,13H,7-8,11-12H2,1-6H3,(H2,19,20,21). The second-order valence-electron chi connectivity index (χ2n) is 5.51. The van der Waals surface area contributed by atoms with Gasteiger partial charge in [-0.1, -0.05) is 26.7 Å². The van der Waals surface area contributed by atoms with Crippen LogP contribution < -0.4 is 24.8 Å². The second-order valence-corrected chi connectivity index (χ2v) is 5.51. The maximum absolute atomic E-state index is 5.45. The fraction of sp³-hybridized carbons (Fsp3) is 0.611. The van der Waals surface area contributed by atoms with Crippen LogP contribution in [0, 0.1) is 5.92 Å². The number of nitrogens with zero attached hydrogens (tertiary/aromatic N) is 1. The third kappa shape index (κ3) is 5.51. The normalized spacial score (nSPS) is 11.4. The molecule has 1 rings (SSSR count). The predicted molar refractivity (Wildman–Crippen MR) is 98.4 cm³/mol. The van der Waals surface area contributed by atoms with E-state index in [0.717, 1.165) is 36.7 Å². The van der Waals surface area contributed by atoms with Crippen molar-refractivity contribution >= 4 is 5.96 Å². The maximum Gasteiger partial charge on any atom is 0.191 e. The van der Waals surface area contributed by atoms with E-state index in [2.05, 4.69) is 29.5 Å². The van der Waals surface area contributed by atoms with Crippen LogP contribution in [0.2, 0.25) is 0 Å². The minimum atomic E-state index is 0.576. The molecule has 6 heteroatoms. The van der Waals surface area contributed by atoms with Crippen LogP contribution in [0.5, 0.6) is 17.2 Å². The van der Waals surface area contributed by atoms with Crippen LogP contribution in [0.15, 0.2) is 17.1 Å². The summed E-state index contributed by atoms with van der Waals surface area (Å²) in [5.74, 6) is 3.50. The number of guanidine groups is 1. The minimum absolute atomic E-state index is 0.576. The number of nitrogens with one attached hydrogen (secondary N) is 2. The lowest BCUT2D eigenvalue weighted by Gasteiger charge is -2.18. The zero-order valence-electron chi connectivity index (χ0n) is 15.7. The van der Waals surface area contributed by atoms with Crippen LogP contribution in [-0.4, -0.2) is 40.9 Å². The summed E-state index contributed by atoms with van der Waals surface area (Å²) < 4.78 is 16.1. The molecule has 0 atom stereocenters. The Balaban J connectivity index is 2.77. The minimum Gasteiger partial charge on any atom is -0.496 e. The molecule has 0 aliphatic heterocycles. The van der Waals surface area contributed by atoms with Crippen molar-refractivity contribution in [1.82, 2.24) is 10.6 Å². The summed E-state index contributed by atoms with van der Waals surface area (Å²) in [6.45, 7) is 5.91. The Morgan fingerprint density at radius 1 is 0.958 bits per heavy atom. The molecule has 0 bridgehead atoms. The summed E-state index contributed by atoms with van der Waals surface area (Å²) in [4.78, 5) is 4.27. The topological polar surface area (TPSA) is 64.1 Å². The lowest BCUT2D eigenvalue weighted by Crippen LogP contribution is -2.39. The highest BCUT2D eigenvalue weighted by Gasteiger charge is 2.12. The molecule has 0 saturated carbocycles. The van der Waals surface area contributed by atoms with Gasteiger partial charge >= 0.3 is 0 Å². The Labute approximate surface area is 145 Å². The van der Waals surface area contributed by atoms with Gasteiger partial charge in [0.25, 0.3) is 0 Å². The van der Waals surface area contributed by atoms with Crippen LogP contribution in [0.4, 0.5) is 0 Å². The van der Waals surface area contributed by atoms with Gasteiger partial charge in [-0.2, -0.15) is 0 Å². The van der Waals surface area contributed by atoms with E-state index < -0.39 is 0 Å². The highest BCUT2D eigenvalue weighted by Crippen LogP contribution is 2.34. The van der Waals surface area contributed by atoms with Crippen molar-refractivity contribution in [1.29, 1.82) is 0 Å². The van der Waals surface area contributed by atoms with Crippen molar-refractivity contribution in [2.75, 3.05) is 34.9 Å². The van der Waals surface area contributed by atoms with Gasteiger partial charge in [0.15, 0.2) is 17.5 Å². The molecule has 1 aromatic carbocycles. The molecule has 2 N–H and O–H groups in total. The van der Waals surface area contributed by atoms with Gasteiger partial charge in [0.2, 0.25) is 0 Å². The predicted octanol–water partition coefficient (Wildman–Crippen LogP) is 2.81. The van der Waals surface area contributed by atoms with Crippen molar-refractivity contribution in [3.8, 4) is 17.2 Å². The highest BCUT2D eigenvalue weighted by atomic mass is 16.5. The summed E-state index contributed by atoms with van der Waals surface area (Å²) in [6, 6.07) is 3.75. The first kappa shape index (κ1) is 19.9. The van der Waals surface area contributed by atoms with Crippen molar-refractivity contribution in [3.63, 3.8) is 0 Å². The van der Waals surface area contributed by atoms with Crippen molar-refractivity contribution in [2.24, 2.45) is 10.9 Å². The number of ether oxygens (including phenoxy) is 3. The van der Waals surface area contributed by atoms with Crippen LogP contribution in [0.1, 0.15) is 32.3 Å². The van der Waals surface area contributed by atoms with Crippen LogP contribution in [-0.2, 0) is 6.54 Å². The van der Waals surface area contributed by atoms with Crippen molar-refractivity contribution in [3.05, 3.63) is 17.7 Å².